The molecule has 3 heteroatoms. The van der Waals surface area contributed by atoms with Gasteiger partial charge in [0.2, 0.25) is 5.91 Å². The van der Waals surface area contributed by atoms with E-state index in [0.717, 1.165) is 21.2 Å². The summed E-state index contributed by atoms with van der Waals surface area (Å²) < 4.78 is 1.06. The molecular formula is C18H20INO. The molecule has 2 rings (SSSR count). The van der Waals surface area contributed by atoms with Crippen molar-refractivity contribution in [3.05, 3.63) is 63.7 Å². The molecule has 1 amide bonds. The standard InChI is InChI=1S/C18H20INO/c1-3-13(2)17(14-9-5-4-6-10-14)18(21)20-16-12-8-7-11-15(16)19/h4-13,17H,3H2,1-2H3,(H,20,21)/t13-,17-/m0/s1. The lowest BCUT2D eigenvalue weighted by Gasteiger charge is -2.23. The van der Waals surface area contributed by atoms with Gasteiger partial charge in [-0.3, -0.25) is 4.79 Å². The molecule has 0 aliphatic heterocycles. The molecule has 0 bridgehead atoms. The van der Waals surface area contributed by atoms with E-state index >= 15 is 0 Å². The Balaban J connectivity index is 2.25. The zero-order valence-electron chi connectivity index (χ0n) is 12.3. The summed E-state index contributed by atoms with van der Waals surface area (Å²) in [5, 5.41) is 3.08. The monoisotopic (exact) mass is 393 g/mol. The first kappa shape index (κ1) is 16.0. The van der Waals surface area contributed by atoms with Crippen LogP contribution in [-0.2, 0) is 4.79 Å². The smallest absolute Gasteiger partial charge is 0.232 e. The van der Waals surface area contributed by atoms with Crippen molar-refractivity contribution in [2.75, 3.05) is 5.32 Å². The molecule has 21 heavy (non-hydrogen) atoms. The van der Waals surface area contributed by atoms with Gasteiger partial charge < -0.3 is 5.32 Å². The summed E-state index contributed by atoms with van der Waals surface area (Å²) in [4.78, 5) is 12.8. The van der Waals surface area contributed by atoms with Gasteiger partial charge in [-0.25, -0.2) is 0 Å². The van der Waals surface area contributed by atoms with Gasteiger partial charge in [-0.2, -0.15) is 0 Å². The lowest BCUT2D eigenvalue weighted by Crippen LogP contribution is -2.26. The van der Waals surface area contributed by atoms with E-state index in [1.54, 1.807) is 0 Å². The van der Waals surface area contributed by atoms with E-state index in [1.807, 2.05) is 54.6 Å². The molecule has 2 atom stereocenters. The first-order valence-corrected chi connectivity index (χ1v) is 8.31. The fraction of sp³-hybridized carbons (Fsp3) is 0.278. The van der Waals surface area contributed by atoms with Crippen molar-refractivity contribution in [3.8, 4) is 0 Å². The quantitative estimate of drug-likeness (QED) is 0.707. The maximum Gasteiger partial charge on any atom is 0.232 e. The highest BCUT2D eigenvalue weighted by Crippen LogP contribution is 2.29. The normalized spacial score (nSPS) is 13.5. The summed E-state index contributed by atoms with van der Waals surface area (Å²) in [6.45, 7) is 4.26. The number of hydrogen-bond donors (Lipinski definition) is 1. The lowest BCUT2D eigenvalue weighted by molar-refractivity contribution is -0.118. The summed E-state index contributed by atoms with van der Waals surface area (Å²) in [5.41, 5.74) is 1.96. The topological polar surface area (TPSA) is 29.1 Å². The van der Waals surface area contributed by atoms with Crippen molar-refractivity contribution >= 4 is 34.2 Å². The molecule has 0 spiro atoms. The van der Waals surface area contributed by atoms with Crippen LogP contribution in [0.5, 0.6) is 0 Å². The van der Waals surface area contributed by atoms with Crippen LogP contribution in [0.25, 0.3) is 0 Å². The molecule has 0 aliphatic rings. The number of benzene rings is 2. The average Bonchev–Trinajstić information content (AvgIpc) is 2.50. The van der Waals surface area contributed by atoms with Crippen molar-refractivity contribution in [3.63, 3.8) is 0 Å². The highest BCUT2D eigenvalue weighted by Gasteiger charge is 2.26. The third-order valence-electron chi connectivity index (χ3n) is 3.79. The van der Waals surface area contributed by atoms with Crippen LogP contribution >= 0.6 is 22.6 Å². The van der Waals surface area contributed by atoms with E-state index in [2.05, 4.69) is 41.8 Å². The maximum absolute atomic E-state index is 12.8. The summed E-state index contributed by atoms with van der Waals surface area (Å²) in [7, 11) is 0. The summed E-state index contributed by atoms with van der Waals surface area (Å²) in [6, 6.07) is 17.9. The minimum Gasteiger partial charge on any atom is -0.325 e. The minimum absolute atomic E-state index is 0.0691. The average molecular weight is 393 g/mol. The van der Waals surface area contributed by atoms with E-state index in [-0.39, 0.29) is 11.8 Å². The zero-order valence-corrected chi connectivity index (χ0v) is 14.5. The molecule has 0 fully saturated rings. The van der Waals surface area contributed by atoms with Crippen molar-refractivity contribution in [1.82, 2.24) is 0 Å². The van der Waals surface area contributed by atoms with Gasteiger partial charge in [0.1, 0.15) is 0 Å². The maximum atomic E-state index is 12.8. The second-order valence-corrected chi connectivity index (χ2v) is 6.41. The molecule has 0 saturated carbocycles. The van der Waals surface area contributed by atoms with Gasteiger partial charge >= 0.3 is 0 Å². The van der Waals surface area contributed by atoms with Crippen LogP contribution < -0.4 is 5.32 Å². The van der Waals surface area contributed by atoms with Crippen molar-refractivity contribution in [1.29, 1.82) is 0 Å². The SMILES string of the molecule is CC[C@H](C)[C@H](C(=O)Nc1ccccc1I)c1ccccc1. The van der Waals surface area contributed by atoms with Crippen LogP contribution in [0.4, 0.5) is 5.69 Å². The van der Waals surface area contributed by atoms with Gasteiger partial charge in [0.25, 0.3) is 0 Å². The molecule has 110 valence electrons. The number of carbonyl (C=O) groups excluding carboxylic acids is 1. The molecule has 0 saturated heterocycles. The number of anilines is 1. The number of amides is 1. The molecule has 2 aromatic carbocycles. The highest BCUT2D eigenvalue weighted by molar-refractivity contribution is 14.1. The number of nitrogens with one attached hydrogen (secondary N) is 1. The Kier molecular flexibility index (Phi) is 5.79. The second-order valence-electron chi connectivity index (χ2n) is 5.24. The fourth-order valence-electron chi connectivity index (χ4n) is 2.41. The Morgan fingerprint density at radius 1 is 1.10 bits per heavy atom. The van der Waals surface area contributed by atoms with E-state index in [0.29, 0.717) is 5.92 Å². The predicted octanol–water partition coefficient (Wildman–Crippen LogP) is 5.06. The largest absolute Gasteiger partial charge is 0.325 e. The van der Waals surface area contributed by atoms with Crippen molar-refractivity contribution in [2.24, 2.45) is 5.92 Å². The Morgan fingerprint density at radius 3 is 2.33 bits per heavy atom. The first-order valence-electron chi connectivity index (χ1n) is 7.23. The van der Waals surface area contributed by atoms with Crippen molar-refractivity contribution in [2.45, 2.75) is 26.2 Å². The van der Waals surface area contributed by atoms with E-state index < -0.39 is 0 Å². The molecule has 0 radical (unpaired) electrons. The Morgan fingerprint density at radius 2 is 1.71 bits per heavy atom. The molecule has 0 unspecified atom stereocenters. The molecule has 1 N–H and O–H groups in total. The molecule has 2 nitrogen and oxygen atoms in total. The highest BCUT2D eigenvalue weighted by atomic mass is 127. The molecule has 0 aliphatic carbocycles. The fourth-order valence-corrected chi connectivity index (χ4v) is 2.93. The van der Waals surface area contributed by atoms with Crippen LogP contribution in [0, 0.1) is 9.49 Å². The van der Waals surface area contributed by atoms with Gasteiger partial charge in [0.05, 0.1) is 11.6 Å². The number of carbonyl (C=O) groups is 1. The van der Waals surface area contributed by atoms with E-state index in [4.69, 9.17) is 0 Å². The Hall–Kier alpha value is -1.36. The second kappa shape index (κ2) is 7.59. The first-order chi connectivity index (χ1) is 10.1. The Labute approximate surface area is 140 Å². The van der Waals surface area contributed by atoms with Gasteiger partial charge in [0.15, 0.2) is 0 Å². The molecule has 0 heterocycles. The van der Waals surface area contributed by atoms with Gasteiger partial charge in [0, 0.05) is 3.57 Å². The van der Waals surface area contributed by atoms with Crippen LogP contribution in [0.3, 0.4) is 0 Å². The number of para-hydroxylation sites is 1. The van der Waals surface area contributed by atoms with Crippen molar-refractivity contribution < 1.29 is 4.79 Å². The van der Waals surface area contributed by atoms with Crippen LogP contribution in [-0.4, -0.2) is 5.91 Å². The number of hydrogen-bond acceptors (Lipinski definition) is 1. The van der Waals surface area contributed by atoms with Gasteiger partial charge in [-0.1, -0.05) is 62.7 Å². The van der Waals surface area contributed by atoms with Gasteiger partial charge in [-0.05, 0) is 46.2 Å². The van der Waals surface area contributed by atoms with E-state index in [9.17, 15) is 4.79 Å². The molecule has 0 aromatic heterocycles. The Bertz CT molecular complexity index is 597. The van der Waals surface area contributed by atoms with Crippen LogP contribution in [0.15, 0.2) is 54.6 Å². The summed E-state index contributed by atoms with van der Waals surface area (Å²) >= 11 is 2.24. The molecular weight excluding hydrogens is 373 g/mol. The zero-order chi connectivity index (χ0) is 15.2. The predicted molar refractivity (Wildman–Crippen MR) is 96.4 cm³/mol. The summed E-state index contributed by atoms with van der Waals surface area (Å²) in [6.07, 6.45) is 0.971. The van der Waals surface area contributed by atoms with Crippen LogP contribution in [0.1, 0.15) is 31.7 Å². The third kappa shape index (κ3) is 4.06. The number of rotatable bonds is 5. The lowest BCUT2D eigenvalue weighted by atomic mass is 9.85. The van der Waals surface area contributed by atoms with Crippen LogP contribution in [0.2, 0.25) is 0 Å². The minimum atomic E-state index is -0.118. The number of halogens is 1. The van der Waals surface area contributed by atoms with Gasteiger partial charge in [-0.15, -0.1) is 0 Å². The summed E-state index contributed by atoms with van der Waals surface area (Å²) in [5.74, 6) is 0.251. The van der Waals surface area contributed by atoms with E-state index in [1.165, 1.54) is 0 Å². The third-order valence-corrected chi connectivity index (χ3v) is 4.73. The molecule has 2 aromatic rings.